The second-order valence-corrected chi connectivity index (χ2v) is 7.46. The Morgan fingerprint density at radius 2 is 1.93 bits per heavy atom. The molecule has 0 unspecified atom stereocenters. The smallest absolute Gasteiger partial charge is 0.257 e. The second-order valence-electron chi connectivity index (χ2n) is 6.57. The molecule has 0 spiro atoms. The van der Waals surface area contributed by atoms with E-state index in [1.807, 2.05) is 13.8 Å². The first-order chi connectivity index (χ1) is 13.5. The zero-order chi connectivity index (χ0) is 19.9. The molecular formula is C21H21FN2O3S. The lowest BCUT2D eigenvalue weighted by Gasteiger charge is -2.13. The molecular weight excluding hydrogens is 379 g/mol. The van der Waals surface area contributed by atoms with Gasteiger partial charge >= 0.3 is 0 Å². The van der Waals surface area contributed by atoms with Crippen LogP contribution in [-0.2, 0) is 6.61 Å². The fourth-order valence-corrected chi connectivity index (χ4v) is 2.89. The van der Waals surface area contributed by atoms with E-state index in [1.165, 1.54) is 17.4 Å². The number of carbonyl (C=O) groups is 1. The molecule has 7 heteroatoms. The number of benzene rings is 2. The molecule has 1 amide bonds. The summed E-state index contributed by atoms with van der Waals surface area (Å²) in [6.45, 7) is 4.63. The first-order valence-corrected chi connectivity index (χ1v) is 9.74. The fraction of sp³-hybridized carbons (Fsp3) is 0.238. The third-order valence-electron chi connectivity index (χ3n) is 3.73. The Balaban J connectivity index is 1.80. The number of ether oxygens (including phenoxy) is 2. The summed E-state index contributed by atoms with van der Waals surface area (Å²) in [6.07, 6.45) is 1.62. The quantitative estimate of drug-likeness (QED) is 0.568. The van der Waals surface area contributed by atoms with Crippen molar-refractivity contribution in [2.24, 2.45) is 5.92 Å². The molecule has 1 N–H and O–H groups in total. The largest absolute Gasteiger partial charge is 0.493 e. The lowest BCUT2D eigenvalue weighted by molar-refractivity contribution is 0.102. The molecule has 0 aliphatic carbocycles. The Kier molecular flexibility index (Phi) is 6.60. The number of carbonyl (C=O) groups excluding carboxylic acids is 1. The highest BCUT2D eigenvalue weighted by molar-refractivity contribution is 7.13. The fourth-order valence-electron chi connectivity index (χ4n) is 2.36. The second kappa shape index (κ2) is 9.32. The predicted molar refractivity (Wildman–Crippen MR) is 108 cm³/mol. The van der Waals surface area contributed by atoms with E-state index in [0.717, 1.165) is 0 Å². The molecule has 5 nitrogen and oxygen atoms in total. The Hall–Kier alpha value is -2.93. The summed E-state index contributed by atoms with van der Waals surface area (Å²) in [5.41, 5.74) is 0.810. The van der Waals surface area contributed by atoms with E-state index in [0.29, 0.717) is 40.3 Å². The summed E-state index contributed by atoms with van der Waals surface area (Å²) >= 11 is 1.33. The van der Waals surface area contributed by atoms with Crippen LogP contribution >= 0.6 is 11.3 Å². The molecule has 0 saturated carbocycles. The average molecular weight is 400 g/mol. The monoisotopic (exact) mass is 400 g/mol. The maximum Gasteiger partial charge on any atom is 0.257 e. The van der Waals surface area contributed by atoms with Crippen LogP contribution in [0.4, 0.5) is 9.52 Å². The number of hydrogen-bond acceptors (Lipinski definition) is 5. The predicted octanol–water partition coefficient (Wildman–Crippen LogP) is 5.15. The van der Waals surface area contributed by atoms with Crippen molar-refractivity contribution >= 4 is 22.4 Å². The van der Waals surface area contributed by atoms with Crippen LogP contribution in [-0.4, -0.2) is 17.5 Å². The average Bonchev–Trinajstić information content (AvgIpc) is 3.18. The van der Waals surface area contributed by atoms with E-state index in [4.69, 9.17) is 9.47 Å². The molecule has 3 aromatic rings. The Morgan fingerprint density at radius 3 is 2.61 bits per heavy atom. The van der Waals surface area contributed by atoms with Crippen LogP contribution in [0.2, 0.25) is 0 Å². The van der Waals surface area contributed by atoms with Gasteiger partial charge < -0.3 is 9.47 Å². The van der Waals surface area contributed by atoms with E-state index < -0.39 is 0 Å². The van der Waals surface area contributed by atoms with Crippen molar-refractivity contribution < 1.29 is 18.7 Å². The molecule has 0 radical (unpaired) electrons. The topological polar surface area (TPSA) is 60.5 Å². The number of amides is 1. The lowest BCUT2D eigenvalue weighted by atomic mass is 10.1. The van der Waals surface area contributed by atoms with Gasteiger partial charge in [0, 0.05) is 28.8 Å². The minimum Gasteiger partial charge on any atom is -0.493 e. The maximum absolute atomic E-state index is 13.8. The van der Waals surface area contributed by atoms with E-state index in [1.54, 1.807) is 48.0 Å². The summed E-state index contributed by atoms with van der Waals surface area (Å²) in [4.78, 5) is 16.6. The highest BCUT2D eigenvalue weighted by atomic mass is 32.1. The summed E-state index contributed by atoms with van der Waals surface area (Å²) in [5.74, 6) is 0.616. The Labute approximate surface area is 167 Å². The van der Waals surface area contributed by atoms with Crippen molar-refractivity contribution in [1.82, 2.24) is 4.98 Å². The van der Waals surface area contributed by atoms with Crippen LogP contribution in [0.3, 0.4) is 0 Å². The van der Waals surface area contributed by atoms with E-state index >= 15 is 0 Å². The number of thiazole rings is 1. The number of nitrogens with zero attached hydrogens (tertiary/aromatic N) is 1. The standard InChI is InChI=1S/C21H21FN2O3S/c1-14(2)12-26-17-9-16(20(25)24-21-23-7-8-28-21)10-18(11-17)27-13-15-5-3-4-6-19(15)22/h3-11,14H,12-13H2,1-2H3,(H,23,24,25). The lowest BCUT2D eigenvalue weighted by Crippen LogP contribution is -2.13. The molecule has 1 aromatic heterocycles. The molecule has 28 heavy (non-hydrogen) atoms. The summed E-state index contributed by atoms with van der Waals surface area (Å²) in [7, 11) is 0. The highest BCUT2D eigenvalue weighted by Gasteiger charge is 2.13. The van der Waals surface area contributed by atoms with Gasteiger partial charge in [-0.3, -0.25) is 10.1 Å². The first-order valence-electron chi connectivity index (χ1n) is 8.86. The molecule has 2 aromatic carbocycles. The van der Waals surface area contributed by atoms with Gasteiger partial charge in [0.05, 0.1) is 6.61 Å². The Morgan fingerprint density at radius 1 is 1.18 bits per heavy atom. The van der Waals surface area contributed by atoms with Crippen molar-refractivity contribution in [3.8, 4) is 11.5 Å². The van der Waals surface area contributed by atoms with Gasteiger partial charge in [-0.2, -0.15) is 0 Å². The van der Waals surface area contributed by atoms with E-state index in [-0.39, 0.29) is 18.3 Å². The maximum atomic E-state index is 13.8. The van der Waals surface area contributed by atoms with E-state index in [9.17, 15) is 9.18 Å². The minimum absolute atomic E-state index is 0.0495. The third kappa shape index (κ3) is 5.53. The van der Waals surface area contributed by atoms with Crippen molar-refractivity contribution in [3.63, 3.8) is 0 Å². The third-order valence-corrected chi connectivity index (χ3v) is 4.42. The van der Waals surface area contributed by atoms with Gasteiger partial charge in [-0.1, -0.05) is 32.0 Å². The summed E-state index contributed by atoms with van der Waals surface area (Å²) in [5, 5.41) is 5.02. The SMILES string of the molecule is CC(C)COc1cc(OCc2ccccc2F)cc(C(=O)Nc2nccs2)c1. The van der Waals surface area contributed by atoms with Gasteiger partial charge in [0.15, 0.2) is 5.13 Å². The minimum atomic E-state index is -0.337. The van der Waals surface area contributed by atoms with Crippen LogP contribution in [0.15, 0.2) is 54.0 Å². The van der Waals surface area contributed by atoms with Crippen LogP contribution in [0.1, 0.15) is 29.8 Å². The van der Waals surface area contributed by atoms with Crippen molar-refractivity contribution in [2.45, 2.75) is 20.5 Å². The van der Waals surface area contributed by atoms with Crippen molar-refractivity contribution in [1.29, 1.82) is 0 Å². The van der Waals surface area contributed by atoms with Crippen LogP contribution in [0, 0.1) is 11.7 Å². The zero-order valence-electron chi connectivity index (χ0n) is 15.6. The van der Waals surface area contributed by atoms with Gasteiger partial charge in [-0.15, -0.1) is 11.3 Å². The zero-order valence-corrected chi connectivity index (χ0v) is 16.5. The molecule has 1 heterocycles. The molecule has 0 aliphatic heterocycles. The van der Waals surface area contributed by atoms with Gasteiger partial charge in [-0.05, 0) is 24.1 Å². The van der Waals surface area contributed by atoms with Gasteiger partial charge in [-0.25, -0.2) is 9.37 Å². The molecule has 0 bridgehead atoms. The molecule has 0 saturated heterocycles. The number of halogens is 1. The van der Waals surface area contributed by atoms with Crippen molar-refractivity contribution in [3.05, 3.63) is 71.0 Å². The van der Waals surface area contributed by atoms with Gasteiger partial charge in [0.2, 0.25) is 0 Å². The number of rotatable bonds is 8. The Bertz CT molecular complexity index is 929. The number of hydrogen-bond donors (Lipinski definition) is 1. The molecule has 3 rings (SSSR count). The van der Waals surface area contributed by atoms with Crippen LogP contribution < -0.4 is 14.8 Å². The summed E-state index contributed by atoms with van der Waals surface area (Å²) in [6, 6.07) is 11.4. The van der Waals surface area contributed by atoms with E-state index in [2.05, 4.69) is 10.3 Å². The van der Waals surface area contributed by atoms with Crippen molar-refractivity contribution in [2.75, 3.05) is 11.9 Å². The number of aromatic nitrogens is 1. The molecule has 0 fully saturated rings. The highest BCUT2D eigenvalue weighted by Crippen LogP contribution is 2.26. The summed E-state index contributed by atoms with van der Waals surface area (Å²) < 4.78 is 25.3. The van der Waals surface area contributed by atoms with Crippen LogP contribution in [0.25, 0.3) is 0 Å². The molecule has 0 atom stereocenters. The normalized spacial score (nSPS) is 10.7. The van der Waals surface area contributed by atoms with Gasteiger partial charge in [0.25, 0.3) is 5.91 Å². The van der Waals surface area contributed by atoms with Crippen LogP contribution in [0.5, 0.6) is 11.5 Å². The molecule has 0 aliphatic rings. The molecule has 146 valence electrons. The van der Waals surface area contributed by atoms with Gasteiger partial charge in [0.1, 0.15) is 23.9 Å². The number of anilines is 1. The number of nitrogens with one attached hydrogen (secondary N) is 1. The first kappa shape index (κ1) is 19.8.